The number of ether oxygens (including phenoxy) is 3. The van der Waals surface area contributed by atoms with Gasteiger partial charge in [-0.3, -0.25) is 9.89 Å². The Morgan fingerprint density at radius 3 is 2.77 bits per heavy atom. The lowest BCUT2D eigenvalue weighted by Gasteiger charge is -2.20. The molecule has 0 amide bonds. The molecule has 3 heterocycles. The number of aromatic nitrogens is 3. The fourth-order valence-corrected chi connectivity index (χ4v) is 4.67. The first kappa shape index (κ1) is 24.7. The van der Waals surface area contributed by atoms with E-state index < -0.39 is 17.8 Å². The number of carbonyl (C=O) groups is 1. The molecule has 1 aliphatic carbocycles. The van der Waals surface area contributed by atoms with Gasteiger partial charge in [0.25, 0.3) is 5.56 Å². The molecule has 2 aromatic heterocycles. The van der Waals surface area contributed by atoms with E-state index in [-0.39, 0.29) is 34.8 Å². The second kappa shape index (κ2) is 10.4. The predicted octanol–water partition coefficient (Wildman–Crippen LogP) is 3.22. The zero-order valence-corrected chi connectivity index (χ0v) is 20.6. The van der Waals surface area contributed by atoms with Gasteiger partial charge in [-0.1, -0.05) is 13.8 Å². The quantitative estimate of drug-likeness (QED) is 0.474. The van der Waals surface area contributed by atoms with Gasteiger partial charge in [-0.25, -0.2) is 14.8 Å². The molecule has 1 fully saturated rings. The number of aryl methyl sites for hydroxylation is 1. The van der Waals surface area contributed by atoms with Crippen molar-refractivity contribution >= 4 is 17.3 Å². The Bertz CT molecular complexity index is 1300. The summed E-state index contributed by atoms with van der Waals surface area (Å²) in [6, 6.07) is 2.05. The van der Waals surface area contributed by atoms with Crippen LogP contribution in [-0.4, -0.2) is 52.8 Å². The highest BCUT2D eigenvalue weighted by Gasteiger charge is 2.32. The van der Waals surface area contributed by atoms with Crippen LogP contribution in [0.2, 0.25) is 0 Å². The Kier molecular flexibility index (Phi) is 7.36. The molecule has 0 saturated heterocycles. The number of nitrogens with zero attached hydrogens (tertiary/aromatic N) is 4. The van der Waals surface area contributed by atoms with Crippen LogP contribution in [0.25, 0.3) is 5.65 Å². The number of methoxy groups -OCH3 is 1. The first-order chi connectivity index (χ1) is 16.9. The van der Waals surface area contributed by atoms with E-state index in [2.05, 4.69) is 10.1 Å². The van der Waals surface area contributed by atoms with E-state index in [0.717, 1.165) is 42.7 Å². The molecular formula is C25H31N5O5. The number of hydrogen-bond acceptors (Lipinski definition) is 8. The number of fused-ring (bicyclic) bond motifs is 2. The van der Waals surface area contributed by atoms with Crippen molar-refractivity contribution in [1.29, 1.82) is 5.26 Å². The van der Waals surface area contributed by atoms with Gasteiger partial charge < -0.3 is 14.2 Å². The maximum atomic E-state index is 13.3. The second-order valence-electron chi connectivity index (χ2n) is 8.98. The largest absolute Gasteiger partial charge is 0.495 e. The smallest absolute Gasteiger partial charge is 0.359 e. The molecule has 2 unspecified atom stereocenters. The van der Waals surface area contributed by atoms with Crippen molar-refractivity contribution in [3.63, 3.8) is 0 Å². The summed E-state index contributed by atoms with van der Waals surface area (Å²) in [6.07, 6.45) is 3.89. The second-order valence-corrected chi connectivity index (χ2v) is 8.98. The van der Waals surface area contributed by atoms with Crippen LogP contribution in [0.15, 0.2) is 21.1 Å². The van der Waals surface area contributed by atoms with Gasteiger partial charge in [0.05, 0.1) is 17.9 Å². The number of nitriles is 1. The molecule has 1 N–H and O–H groups in total. The normalized spacial score (nSPS) is 20.1. The fourth-order valence-electron chi connectivity index (χ4n) is 4.67. The maximum absolute atomic E-state index is 13.3. The van der Waals surface area contributed by atoms with E-state index in [9.17, 15) is 14.9 Å². The fraction of sp³-hybridized carbons (Fsp3) is 0.560. The summed E-state index contributed by atoms with van der Waals surface area (Å²) in [4.78, 5) is 35.6. The molecular weight excluding hydrogens is 450 g/mol. The van der Waals surface area contributed by atoms with Gasteiger partial charge in [-0.05, 0) is 39.0 Å². The number of hydrogen-bond donors (Lipinski definition) is 1. The molecule has 0 spiro atoms. The van der Waals surface area contributed by atoms with Gasteiger partial charge in [-0.15, -0.1) is 0 Å². The van der Waals surface area contributed by atoms with Gasteiger partial charge in [-0.2, -0.15) is 9.78 Å². The van der Waals surface area contributed by atoms with E-state index in [1.807, 2.05) is 13.0 Å². The SMILES string of the molecule is CCc1c(C(=O)OC2N=C3CCCCC3=C(OCCOC)CC2C)nc2c(C#N)c(C)[nH]n2c1=O. The third-order valence-electron chi connectivity index (χ3n) is 6.56. The van der Waals surface area contributed by atoms with Gasteiger partial charge in [0.2, 0.25) is 0 Å². The Balaban J connectivity index is 1.66. The summed E-state index contributed by atoms with van der Waals surface area (Å²) in [7, 11) is 1.63. The third-order valence-corrected chi connectivity index (χ3v) is 6.56. The molecule has 2 atom stereocenters. The van der Waals surface area contributed by atoms with Crippen molar-refractivity contribution in [2.24, 2.45) is 10.9 Å². The molecule has 10 nitrogen and oxygen atoms in total. The van der Waals surface area contributed by atoms with Crippen LogP contribution in [-0.2, 0) is 20.6 Å². The molecule has 0 bridgehead atoms. The number of aliphatic imine (C=N–C) groups is 1. The van der Waals surface area contributed by atoms with Crippen LogP contribution in [0.3, 0.4) is 0 Å². The maximum Gasteiger partial charge on any atom is 0.359 e. The van der Waals surface area contributed by atoms with Gasteiger partial charge in [0.1, 0.15) is 24.0 Å². The number of allylic oxidation sites excluding steroid dienone is 2. The summed E-state index contributed by atoms with van der Waals surface area (Å²) in [5.74, 6) is 0.0349. The lowest BCUT2D eigenvalue weighted by molar-refractivity contribution is 0.0158. The highest BCUT2D eigenvalue weighted by Crippen LogP contribution is 2.33. The van der Waals surface area contributed by atoms with Gasteiger partial charge in [0.15, 0.2) is 17.6 Å². The Morgan fingerprint density at radius 2 is 2.06 bits per heavy atom. The van der Waals surface area contributed by atoms with Crippen LogP contribution in [0.5, 0.6) is 0 Å². The first-order valence-corrected chi connectivity index (χ1v) is 12.1. The van der Waals surface area contributed by atoms with Gasteiger partial charge >= 0.3 is 5.97 Å². The molecule has 0 radical (unpaired) electrons. The van der Waals surface area contributed by atoms with Crippen molar-refractivity contribution in [1.82, 2.24) is 14.6 Å². The lowest BCUT2D eigenvalue weighted by Crippen LogP contribution is -2.29. The summed E-state index contributed by atoms with van der Waals surface area (Å²) in [6.45, 7) is 6.36. The summed E-state index contributed by atoms with van der Waals surface area (Å²) in [5, 5.41) is 12.4. The predicted molar refractivity (Wildman–Crippen MR) is 128 cm³/mol. The van der Waals surface area contributed by atoms with Crippen molar-refractivity contribution in [2.75, 3.05) is 20.3 Å². The molecule has 2 aliphatic rings. The number of carbonyl (C=O) groups excluding carboxylic acids is 1. The minimum atomic E-state index is -0.734. The van der Waals surface area contributed by atoms with Crippen LogP contribution < -0.4 is 5.56 Å². The van der Waals surface area contributed by atoms with Crippen molar-refractivity contribution in [3.8, 4) is 6.07 Å². The molecule has 0 aromatic carbocycles. The number of H-pyrrole nitrogens is 1. The minimum Gasteiger partial charge on any atom is -0.495 e. The number of nitrogens with one attached hydrogen (secondary N) is 1. The van der Waals surface area contributed by atoms with Crippen LogP contribution >= 0.6 is 0 Å². The van der Waals surface area contributed by atoms with E-state index in [4.69, 9.17) is 19.2 Å². The Hall–Kier alpha value is -3.45. The average Bonchev–Trinajstić information content (AvgIpc) is 3.11. The van der Waals surface area contributed by atoms with Crippen molar-refractivity contribution in [3.05, 3.63) is 44.2 Å². The summed E-state index contributed by atoms with van der Waals surface area (Å²) < 4.78 is 18.3. The van der Waals surface area contributed by atoms with Crippen molar-refractivity contribution < 1.29 is 19.0 Å². The number of rotatable bonds is 7. The topological polar surface area (TPSA) is 131 Å². The standard InChI is InChI=1S/C25H31N5O5/c1-5-16-21(28-22-18(13-26)15(3)29-30(22)24(16)31)25(32)35-23-14(2)12-20(34-11-10-33-4)17-8-6-7-9-19(17)27-23/h14,23,29H,5-12H2,1-4H3. The highest BCUT2D eigenvalue weighted by atomic mass is 16.6. The third kappa shape index (κ3) is 4.73. The molecule has 35 heavy (non-hydrogen) atoms. The zero-order valence-electron chi connectivity index (χ0n) is 20.6. The van der Waals surface area contributed by atoms with Crippen LogP contribution in [0.1, 0.15) is 73.3 Å². The molecule has 1 saturated carbocycles. The minimum absolute atomic E-state index is 0.0713. The molecule has 10 heteroatoms. The molecule has 2 aromatic rings. The first-order valence-electron chi connectivity index (χ1n) is 12.1. The van der Waals surface area contributed by atoms with E-state index in [1.54, 1.807) is 21.0 Å². The van der Waals surface area contributed by atoms with E-state index in [1.165, 1.54) is 4.52 Å². The van der Waals surface area contributed by atoms with Gasteiger partial charge in [0, 0.05) is 30.7 Å². The zero-order chi connectivity index (χ0) is 25.1. The summed E-state index contributed by atoms with van der Waals surface area (Å²) >= 11 is 0. The summed E-state index contributed by atoms with van der Waals surface area (Å²) in [5.41, 5.74) is 2.60. The van der Waals surface area contributed by atoms with E-state index >= 15 is 0 Å². The Labute approximate surface area is 203 Å². The van der Waals surface area contributed by atoms with Crippen LogP contribution in [0.4, 0.5) is 0 Å². The Morgan fingerprint density at radius 1 is 1.29 bits per heavy atom. The number of aromatic amines is 1. The molecule has 1 aliphatic heterocycles. The molecule has 4 rings (SSSR count). The highest BCUT2D eigenvalue weighted by molar-refractivity contribution is 6.01. The monoisotopic (exact) mass is 481 g/mol. The lowest BCUT2D eigenvalue weighted by atomic mass is 9.91. The van der Waals surface area contributed by atoms with E-state index in [0.29, 0.717) is 25.3 Å². The average molecular weight is 482 g/mol. The van der Waals surface area contributed by atoms with Crippen molar-refractivity contribution in [2.45, 2.75) is 65.5 Å². The molecule has 186 valence electrons. The van der Waals surface area contributed by atoms with Crippen LogP contribution in [0, 0.1) is 24.2 Å². The number of esters is 1.